The van der Waals surface area contributed by atoms with E-state index in [4.69, 9.17) is 10.00 Å². The summed E-state index contributed by atoms with van der Waals surface area (Å²) in [6, 6.07) is 8.41. The average molecular weight is 433 g/mol. The van der Waals surface area contributed by atoms with Gasteiger partial charge in [0.2, 0.25) is 5.91 Å². The normalized spacial score (nSPS) is 12.0. The van der Waals surface area contributed by atoms with Crippen LogP contribution in [0.2, 0.25) is 0 Å². The molecule has 29 heavy (non-hydrogen) atoms. The highest BCUT2D eigenvalue weighted by Gasteiger charge is 2.24. The number of nitrogens with zero attached hydrogens (tertiary/aromatic N) is 2. The van der Waals surface area contributed by atoms with E-state index in [1.807, 2.05) is 23.8 Å². The molecule has 1 atom stereocenters. The summed E-state index contributed by atoms with van der Waals surface area (Å²) in [5, 5.41) is 16.6. The SMILES string of the molecule is CSCC[C@H](NC(=O)OC(C)(C)C)C(=O)Nc1nc(-c2ccc(C#N)cc2)cs1. The first-order valence-corrected chi connectivity index (χ1v) is 11.2. The summed E-state index contributed by atoms with van der Waals surface area (Å²) in [4.78, 5) is 29.2. The Kier molecular flexibility index (Phi) is 8.05. The lowest BCUT2D eigenvalue weighted by atomic mass is 10.1. The molecule has 0 aliphatic carbocycles. The molecule has 0 aliphatic rings. The van der Waals surface area contributed by atoms with Crippen LogP contribution in [0, 0.1) is 11.3 Å². The summed E-state index contributed by atoms with van der Waals surface area (Å²) in [7, 11) is 0. The van der Waals surface area contributed by atoms with Gasteiger partial charge in [-0.15, -0.1) is 11.3 Å². The Bertz CT molecular complexity index is 882. The number of hydrogen-bond donors (Lipinski definition) is 2. The second-order valence-electron chi connectivity index (χ2n) is 7.20. The molecule has 2 rings (SSSR count). The van der Waals surface area contributed by atoms with Crippen molar-refractivity contribution in [2.24, 2.45) is 0 Å². The third kappa shape index (κ3) is 7.40. The van der Waals surface area contributed by atoms with E-state index >= 15 is 0 Å². The zero-order chi connectivity index (χ0) is 21.4. The predicted octanol–water partition coefficient (Wildman–Crippen LogP) is 4.27. The first-order valence-electron chi connectivity index (χ1n) is 8.97. The van der Waals surface area contributed by atoms with Crippen molar-refractivity contribution in [3.63, 3.8) is 0 Å². The number of benzene rings is 1. The van der Waals surface area contributed by atoms with Crippen LogP contribution in [0.4, 0.5) is 9.93 Å². The third-order valence-corrected chi connectivity index (χ3v) is 5.06. The Labute approximate surface area is 178 Å². The first kappa shape index (κ1) is 22.7. The number of alkyl carbamates (subject to hydrolysis) is 1. The molecule has 2 amide bonds. The fourth-order valence-corrected chi connectivity index (χ4v) is 3.52. The number of nitrogens with one attached hydrogen (secondary N) is 2. The lowest BCUT2D eigenvalue weighted by Gasteiger charge is -2.23. The molecule has 2 aromatic rings. The number of nitriles is 1. The van der Waals surface area contributed by atoms with Gasteiger partial charge in [-0.25, -0.2) is 9.78 Å². The summed E-state index contributed by atoms with van der Waals surface area (Å²) in [5.41, 5.74) is 1.49. The van der Waals surface area contributed by atoms with Crippen molar-refractivity contribution in [1.29, 1.82) is 5.26 Å². The number of thioether (sulfide) groups is 1. The highest BCUT2D eigenvalue weighted by atomic mass is 32.2. The van der Waals surface area contributed by atoms with Gasteiger partial charge in [0.15, 0.2) is 5.13 Å². The maximum atomic E-state index is 12.7. The van der Waals surface area contributed by atoms with E-state index < -0.39 is 17.7 Å². The van der Waals surface area contributed by atoms with Crippen molar-refractivity contribution < 1.29 is 14.3 Å². The standard InChI is InChI=1S/C20H24N4O3S2/c1-20(2,3)27-19(26)23-15(9-10-28-4)17(25)24-18-22-16(12-29-18)14-7-5-13(11-21)6-8-14/h5-8,12,15H,9-10H2,1-4H3,(H,23,26)(H,22,24,25)/t15-/m0/s1. The van der Waals surface area contributed by atoms with E-state index in [-0.39, 0.29) is 5.91 Å². The van der Waals surface area contributed by atoms with Crippen molar-refractivity contribution in [2.75, 3.05) is 17.3 Å². The quantitative estimate of drug-likeness (QED) is 0.677. The number of rotatable bonds is 7. The molecule has 2 N–H and O–H groups in total. The van der Waals surface area contributed by atoms with Gasteiger partial charge in [0.1, 0.15) is 11.6 Å². The van der Waals surface area contributed by atoms with E-state index in [1.165, 1.54) is 11.3 Å². The van der Waals surface area contributed by atoms with E-state index in [0.29, 0.717) is 28.6 Å². The Morgan fingerprint density at radius 2 is 2.00 bits per heavy atom. The number of aromatic nitrogens is 1. The van der Waals surface area contributed by atoms with Crippen LogP contribution in [0.25, 0.3) is 11.3 Å². The van der Waals surface area contributed by atoms with Gasteiger partial charge in [-0.05, 0) is 51.3 Å². The second kappa shape index (κ2) is 10.3. The summed E-state index contributed by atoms with van der Waals surface area (Å²) >= 11 is 2.89. The van der Waals surface area contributed by atoms with Crippen LogP contribution in [0.3, 0.4) is 0 Å². The maximum Gasteiger partial charge on any atom is 0.408 e. The smallest absolute Gasteiger partial charge is 0.408 e. The Balaban J connectivity index is 2.05. The van der Waals surface area contributed by atoms with Gasteiger partial charge in [0.05, 0.1) is 17.3 Å². The van der Waals surface area contributed by atoms with Crippen LogP contribution in [0.1, 0.15) is 32.8 Å². The van der Waals surface area contributed by atoms with Gasteiger partial charge in [-0.3, -0.25) is 4.79 Å². The molecule has 154 valence electrons. The number of anilines is 1. The molecular formula is C20H24N4O3S2. The molecule has 0 saturated heterocycles. The number of thiazole rings is 1. The fraction of sp³-hybridized carbons (Fsp3) is 0.400. The van der Waals surface area contributed by atoms with E-state index in [1.54, 1.807) is 44.7 Å². The number of carbonyl (C=O) groups is 2. The van der Waals surface area contributed by atoms with Gasteiger partial charge < -0.3 is 15.4 Å². The van der Waals surface area contributed by atoms with E-state index in [2.05, 4.69) is 21.7 Å². The maximum absolute atomic E-state index is 12.7. The van der Waals surface area contributed by atoms with E-state index in [9.17, 15) is 9.59 Å². The van der Waals surface area contributed by atoms with Crippen LogP contribution >= 0.6 is 23.1 Å². The lowest BCUT2D eigenvalue weighted by Crippen LogP contribution is -2.46. The minimum atomic E-state index is -0.723. The molecule has 0 unspecified atom stereocenters. The Morgan fingerprint density at radius 1 is 1.31 bits per heavy atom. The molecule has 1 aromatic heterocycles. The van der Waals surface area contributed by atoms with Crippen LogP contribution in [0.15, 0.2) is 29.6 Å². The van der Waals surface area contributed by atoms with E-state index in [0.717, 1.165) is 5.56 Å². The fourth-order valence-electron chi connectivity index (χ4n) is 2.33. The van der Waals surface area contributed by atoms with Crippen molar-refractivity contribution in [3.05, 3.63) is 35.2 Å². The molecule has 7 nitrogen and oxygen atoms in total. The summed E-state index contributed by atoms with van der Waals surface area (Å²) in [5.74, 6) is 0.369. The topological polar surface area (TPSA) is 104 Å². The Hall–Kier alpha value is -2.57. The van der Waals surface area contributed by atoms with Crippen molar-refractivity contribution in [1.82, 2.24) is 10.3 Å². The van der Waals surface area contributed by atoms with Crippen LogP contribution in [-0.4, -0.2) is 40.6 Å². The molecular weight excluding hydrogens is 408 g/mol. The zero-order valence-corrected chi connectivity index (χ0v) is 18.4. The second-order valence-corrected chi connectivity index (χ2v) is 9.04. The first-order chi connectivity index (χ1) is 13.7. The summed E-state index contributed by atoms with van der Waals surface area (Å²) in [6.45, 7) is 5.30. The number of amides is 2. The number of ether oxygens (including phenoxy) is 1. The third-order valence-electron chi connectivity index (χ3n) is 3.66. The average Bonchev–Trinajstić information content (AvgIpc) is 3.12. The highest BCUT2D eigenvalue weighted by Crippen LogP contribution is 2.25. The minimum absolute atomic E-state index is 0.342. The van der Waals surface area contributed by atoms with Crippen LogP contribution in [0.5, 0.6) is 0 Å². The highest BCUT2D eigenvalue weighted by molar-refractivity contribution is 7.98. The van der Waals surface area contributed by atoms with Gasteiger partial charge in [-0.2, -0.15) is 17.0 Å². The minimum Gasteiger partial charge on any atom is -0.444 e. The van der Waals surface area contributed by atoms with Crippen molar-refractivity contribution in [3.8, 4) is 17.3 Å². The van der Waals surface area contributed by atoms with Crippen molar-refractivity contribution in [2.45, 2.75) is 38.8 Å². The lowest BCUT2D eigenvalue weighted by molar-refractivity contribution is -0.118. The van der Waals surface area contributed by atoms with Crippen LogP contribution in [-0.2, 0) is 9.53 Å². The zero-order valence-electron chi connectivity index (χ0n) is 16.8. The number of carbonyl (C=O) groups excluding carboxylic acids is 2. The van der Waals surface area contributed by atoms with Gasteiger partial charge in [0.25, 0.3) is 0 Å². The molecule has 9 heteroatoms. The van der Waals surface area contributed by atoms with Gasteiger partial charge in [-0.1, -0.05) is 12.1 Å². The monoisotopic (exact) mass is 432 g/mol. The van der Waals surface area contributed by atoms with Crippen LogP contribution < -0.4 is 10.6 Å². The molecule has 0 fully saturated rings. The van der Waals surface area contributed by atoms with Gasteiger partial charge in [0, 0.05) is 10.9 Å². The molecule has 0 spiro atoms. The molecule has 0 saturated carbocycles. The number of hydrogen-bond acceptors (Lipinski definition) is 7. The Morgan fingerprint density at radius 3 is 2.59 bits per heavy atom. The largest absolute Gasteiger partial charge is 0.444 e. The predicted molar refractivity (Wildman–Crippen MR) is 117 cm³/mol. The summed E-state index contributed by atoms with van der Waals surface area (Å²) < 4.78 is 5.26. The molecule has 0 bridgehead atoms. The molecule has 1 aromatic carbocycles. The van der Waals surface area contributed by atoms with Crippen molar-refractivity contribution >= 4 is 40.2 Å². The van der Waals surface area contributed by atoms with Gasteiger partial charge >= 0.3 is 6.09 Å². The summed E-state index contributed by atoms with van der Waals surface area (Å²) in [6.07, 6.45) is 1.78. The molecule has 0 aliphatic heterocycles. The molecule has 1 heterocycles. The molecule has 0 radical (unpaired) electrons.